The maximum atomic E-state index is 13.5. The van der Waals surface area contributed by atoms with E-state index in [-0.39, 0.29) is 34.6 Å². The van der Waals surface area contributed by atoms with Crippen molar-refractivity contribution in [3.05, 3.63) is 49.9 Å². The van der Waals surface area contributed by atoms with Crippen LogP contribution in [0.5, 0.6) is 5.75 Å². The molecule has 0 spiro atoms. The summed E-state index contributed by atoms with van der Waals surface area (Å²) in [5, 5.41) is 0. The lowest BCUT2D eigenvalue weighted by molar-refractivity contribution is -0.0506. The Balaban J connectivity index is 2.81. The Bertz CT molecular complexity index is 978. The average Bonchev–Trinajstić information content (AvgIpc) is 2.49. The molecule has 2 heterocycles. The Morgan fingerprint density at radius 1 is 1.11 bits per heavy atom. The van der Waals surface area contributed by atoms with Crippen LogP contribution in [0, 0.1) is 13.8 Å². The second-order valence-corrected chi connectivity index (χ2v) is 5.61. The number of hydrogen-bond acceptors (Lipinski definition) is 4. The second-order valence-electron chi connectivity index (χ2n) is 5.61. The van der Waals surface area contributed by atoms with Gasteiger partial charge in [0.05, 0.1) is 5.69 Å². The molecule has 0 radical (unpaired) electrons. The molecule has 0 aliphatic carbocycles. The van der Waals surface area contributed by atoms with Crippen LogP contribution < -0.4 is 16.0 Å². The van der Waals surface area contributed by atoms with Crippen LogP contribution in [-0.4, -0.2) is 20.7 Å². The maximum absolute atomic E-state index is 13.5. The number of aryl methyl sites for hydroxylation is 2. The SMILES string of the molecule is Cc1cc(OC(F)F)c(C)nc1-n1c(=O)cc(C(C)(F)F)n(C(F)F)c1=O. The Kier molecular flexibility index (Phi) is 5.38. The molecule has 0 fully saturated rings. The minimum absolute atomic E-state index is 0.0488. The zero-order valence-corrected chi connectivity index (χ0v) is 14.1. The number of hydrogen-bond donors (Lipinski definition) is 0. The number of aromatic nitrogens is 3. The summed E-state index contributed by atoms with van der Waals surface area (Å²) in [6, 6.07) is 1.22. The Labute approximate surface area is 147 Å². The van der Waals surface area contributed by atoms with Gasteiger partial charge in [-0.2, -0.15) is 17.6 Å². The summed E-state index contributed by atoms with van der Waals surface area (Å²) in [6.07, 6.45) is 0. The van der Waals surface area contributed by atoms with Crippen LogP contribution in [0.4, 0.5) is 26.3 Å². The zero-order chi connectivity index (χ0) is 20.7. The smallest absolute Gasteiger partial charge is 0.387 e. The van der Waals surface area contributed by atoms with E-state index in [1.165, 1.54) is 13.8 Å². The molecule has 2 rings (SSSR count). The van der Waals surface area contributed by atoms with Gasteiger partial charge in [0.25, 0.3) is 11.5 Å². The van der Waals surface area contributed by atoms with Crippen LogP contribution in [0.3, 0.4) is 0 Å². The molecule has 0 amide bonds. The van der Waals surface area contributed by atoms with Crippen molar-refractivity contribution in [3.63, 3.8) is 0 Å². The molecule has 0 saturated carbocycles. The summed E-state index contributed by atoms with van der Waals surface area (Å²) >= 11 is 0. The standard InChI is InChI=1S/C15H13F6N3O3/c1-6-4-8(27-13(18)19)7(2)22-11(6)24-10(25)5-9(15(3,20)21)23(12(16)17)14(24)26/h4-5,12-13H,1-3H3. The summed E-state index contributed by atoms with van der Waals surface area (Å²) in [5.41, 5.74) is -4.75. The highest BCUT2D eigenvalue weighted by Crippen LogP contribution is 2.28. The fourth-order valence-electron chi connectivity index (χ4n) is 2.39. The molecule has 0 aliphatic heterocycles. The first-order valence-electron chi connectivity index (χ1n) is 7.33. The van der Waals surface area contributed by atoms with Crippen molar-refractivity contribution >= 4 is 0 Å². The highest BCUT2D eigenvalue weighted by atomic mass is 19.3. The van der Waals surface area contributed by atoms with E-state index in [0.717, 1.165) is 6.07 Å². The molecular weight excluding hydrogens is 384 g/mol. The minimum Gasteiger partial charge on any atom is -0.433 e. The normalized spacial score (nSPS) is 12.1. The predicted molar refractivity (Wildman–Crippen MR) is 81.0 cm³/mol. The first-order valence-corrected chi connectivity index (χ1v) is 7.33. The van der Waals surface area contributed by atoms with Crippen molar-refractivity contribution in [2.75, 3.05) is 0 Å². The molecule has 0 unspecified atom stereocenters. The average molecular weight is 397 g/mol. The lowest BCUT2D eigenvalue weighted by Gasteiger charge is -2.19. The third kappa shape index (κ3) is 3.98. The van der Waals surface area contributed by atoms with Gasteiger partial charge in [-0.1, -0.05) is 0 Å². The highest BCUT2D eigenvalue weighted by Gasteiger charge is 2.33. The first-order chi connectivity index (χ1) is 12.3. The van der Waals surface area contributed by atoms with E-state index in [1.54, 1.807) is 0 Å². The number of pyridine rings is 1. The van der Waals surface area contributed by atoms with Gasteiger partial charge in [-0.05, 0) is 25.5 Å². The summed E-state index contributed by atoms with van der Waals surface area (Å²) in [4.78, 5) is 28.3. The largest absolute Gasteiger partial charge is 0.433 e. The van der Waals surface area contributed by atoms with Crippen LogP contribution >= 0.6 is 0 Å². The molecule has 27 heavy (non-hydrogen) atoms. The lowest BCUT2D eigenvalue weighted by Crippen LogP contribution is -2.43. The summed E-state index contributed by atoms with van der Waals surface area (Å²) < 4.78 is 82.1. The predicted octanol–water partition coefficient (Wildman–Crippen LogP) is 3.12. The van der Waals surface area contributed by atoms with Crippen molar-refractivity contribution in [3.8, 4) is 11.6 Å². The number of nitrogens with zero attached hydrogens (tertiary/aromatic N) is 3. The van der Waals surface area contributed by atoms with E-state index in [1.807, 2.05) is 0 Å². The molecule has 2 aromatic rings. The van der Waals surface area contributed by atoms with E-state index < -0.39 is 46.4 Å². The molecule has 12 heteroatoms. The number of alkyl halides is 6. The van der Waals surface area contributed by atoms with Gasteiger partial charge in [0.2, 0.25) is 0 Å². The van der Waals surface area contributed by atoms with Gasteiger partial charge in [-0.15, -0.1) is 0 Å². The Morgan fingerprint density at radius 3 is 2.19 bits per heavy atom. The third-order valence-electron chi connectivity index (χ3n) is 3.54. The van der Waals surface area contributed by atoms with E-state index in [2.05, 4.69) is 9.72 Å². The summed E-state index contributed by atoms with van der Waals surface area (Å²) in [5.74, 6) is -4.71. The highest BCUT2D eigenvalue weighted by molar-refractivity contribution is 5.42. The molecular formula is C15H13F6N3O3. The van der Waals surface area contributed by atoms with Crippen LogP contribution in [0.1, 0.15) is 30.4 Å². The molecule has 0 N–H and O–H groups in total. The van der Waals surface area contributed by atoms with Gasteiger partial charge in [-0.25, -0.2) is 27.7 Å². The van der Waals surface area contributed by atoms with E-state index in [0.29, 0.717) is 0 Å². The first kappa shape index (κ1) is 20.5. The summed E-state index contributed by atoms with van der Waals surface area (Å²) in [6.45, 7) is -4.10. The van der Waals surface area contributed by atoms with E-state index >= 15 is 0 Å². The van der Waals surface area contributed by atoms with E-state index in [9.17, 15) is 35.9 Å². The fraction of sp³-hybridized carbons (Fsp3) is 0.400. The van der Waals surface area contributed by atoms with E-state index in [4.69, 9.17) is 0 Å². The van der Waals surface area contributed by atoms with Gasteiger partial charge in [0.1, 0.15) is 17.3 Å². The van der Waals surface area contributed by atoms with Crippen molar-refractivity contribution < 1.29 is 31.1 Å². The van der Waals surface area contributed by atoms with Crippen molar-refractivity contribution in [1.29, 1.82) is 0 Å². The quantitative estimate of drug-likeness (QED) is 0.728. The van der Waals surface area contributed by atoms with Crippen LogP contribution in [0.2, 0.25) is 0 Å². The molecule has 0 bridgehead atoms. The maximum Gasteiger partial charge on any atom is 0.387 e. The molecule has 6 nitrogen and oxygen atoms in total. The molecule has 2 aromatic heterocycles. The Hall–Kier alpha value is -2.79. The van der Waals surface area contributed by atoms with Gasteiger partial charge < -0.3 is 4.74 Å². The molecule has 0 saturated heterocycles. The number of rotatable bonds is 5. The van der Waals surface area contributed by atoms with Gasteiger partial charge in [0, 0.05) is 13.0 Å². The van der Waals surface area contributed by atoms with Gasteiger partial charge in [0.15, 0.2) is 0 Å². The number of ether oxygens (including phenoxy) is 1. The molecule has 0 aliphatic rings. The topological polar surface area (TPSA) is 66.1 Å². The fourth-order valence-corrected chi connectivity index (χ4v) is 2.39. The second kappa shape index (κ2) is 7.08. The summed E-state index contributed by atoms with van der Waals surface area (Å²) in [7, 11) is 0. The third-order valence-corrected chi connectivity index (χ3v) is 3.54. The van der Waals surface area contributed by atoms with Crippen LogP contribution in [0.25, 0.3) is 5.82 Å². The molecule has 0 aromatic carbocycles. The minimum atomic E-state index is -3.89. The molecule has 148 valence electrons. The van der Waals surface area contributed by atoms with Crippen molar-refractivity contribution in [2.45, 2.75) is 39.9 Å². The zero-order valence-electron chi connectivity index (χ0n) is 14.1. The van der Waals surface area contributed by atoms with Crippen LogP contribution in [0.15, 0.2) is 21.7 Å². The monoisotopic (exact) mass is 397 g/mol. The lowest BCUT2D eigenvalue weighted by atomic mass is 10.2. The molecule has 0 atom stereocenters. The van der Waals surface area contributed by atoms with Crippen LogP contribution in [-0.2, 0) is 5.92 Å². The van der Waals surface area contributed by atoms with Crippen molar-refractivity contribution in [1.82, 2.24) is 14.1 Å². The van der Waals surface area contributed by atoms with Gasteiger partial charge in [-0.3, -0.25) is 4.79 Å². The van der Waals surface area contributed by atoms with Crippen molar-refractivity contribution in [2.24, 2.45) is 0 Å². The Morgan fingerprint density at radius 2 is 1.70 bits per heavy atom. The van der Waals surface area contributed by atoms with Gasteiger partial charge >= 0.3 is 18.9 Å². The number of halogens is 6.